The van der Waals surface area contributed by atoms with Crippen molar-refractivity contribution in [1.29, 1.82) is 0 Å². The predicted molar refractivity (Wildman–Crippen MR) is 87.5 cm³/mol. The van der Waals surface area contributed by atoms with Crippen molar-refractivity contribution in [2.45, 2.75) is 39.2 Å². The molecule has 0 aliphatic carbocycles. The zero-order valence-electron chi connectivity index (χ0n) is 13.4. The van der Waals surface area contributed by atoms with Gasteiger partial charge in [-0.15, -0.1) is 11.3 Å². The summed E-state index contributed by atoms with van der Waals surface area (Å²) in [5.74, 6) is -1.40. The Hall–Kier alpha value is -2.22. The molecule has 0 saturated heterocycles. The van der Waals surface area contributed by atoms with E-state index in [0.29, 0.717) is 22.0 Å². The summed E-state index contributed by atoms with van der Waals surface area (Å²) in [6.45, 7) is 3.72. The molecule has 0 aliphatic rings. The molecule has 0 bridgehead atoms. The van der Waals surface area contributed by atoms with Gasteiger partial charge in [0.25, 0.3) is 5.91 Å². The third-order valence-corrected chi connectivity index (χ3v) is 4.61. The van der Waals surface area contributed by atoms with E-state index in [2.05, 4.69) is 15.4 Å². The lowest BCUT2D eigenvalue weighted by Gasteiger charge is -2.13. The maximum absolute atomic E-state index is 12.4. The van der Waals surface area contributed by atoms with Crippen molar-refractivity contribution >= 4 is 23.2 Å². The minimum atomic E-state index is -1.01. The molecule has 0 fully saturated rings. The van der Waals surface area contributed by atoms with E-state index in [9.17, 15) is 14.7 Å². The molecule has 0 spiro atoms. The first-order valence-electron chi connectivity index (χ1n) is 7.42. The second-order valence-corrected chi connectivity index (χ2v) is 6.34. The zero-order valence-corrected chi connectivity index (χ0v) is 14.2. The molecule has 7 nitrogen and oxygen atoms in total. The quantitative estimate of drug-likeness (QED) is 0.808. The molecule has 2 aromatic rings. The number of hydrogen-bond donors (Lipinski definition) is 2. The van der Waals surface area contributed by atoms with Crippen molar-refractivity contribution < 1.29 is 14.7 Å². The monoisotopic (exact) mass is 336 g/mol. The van der Waals surface area contributed by atoms with Gasteiger partial charge in [0.15, 0.2) is 0 Å². The number of aryl methyl sites for hydroxylation is 2. The van der Waals surface area contributed by atoms with Gasteiger partial charge in [0.1, 0.15) is 15.9 Å². The third kappa shape index (κ3) is 4.16. The average Bonchev–Trinajstić information content (AvgIpc) is 3.09. The number of carbonyl (C=O) groups is 2. The molecule has 1 amide bonds. The summed E-state index contributed by atoms with van der Waals surface area (Å²) in [5.41, 5.74) is 1.42. The van der Waals surface area contributed by atoms with E-state index in [1.165, 1.54) is 11.3 Å². The summed E-state index contributed by atoms with van der Waals surface area (Å²) < 4.78 is 1.66. The summed E-state index contributed by atoms with van der Waals surface area (Å²) in [7, 11) is 1.81. The highest BCUT2D eigenvalue weighted by atomic mass is 32.1. The zero-order chi connectivity index (χ0) is 17.0. The molecule has 0 aliphatic heterocycles. The van der Waals surface area contributed by atoms with Crippen LogP contribution < -0.4 is 5.32 Å². The lowest BCUT2D eigenvalue weighted by molar-refractivity contribution is -0.139. The van der Waals surface area contributed by atoms with Crippen molar-refractivity contribution in [1.82, 2.24) is 20.1 Å². The number of aromatic nitrogens is 3. The van der Waals surface area contributed by atoms with Crippen molar-refractivity contribution in [3.8, 4) is 10.6 Å². The smallest absolute Gasteiger partial charge is 0.326 e. The van der Waals surface area contributed by atoms with Gasteiger partial charge in [0.05, 0.1) is 11.9 Å². The number of hydrogen-bond acceptors (Lipinski definition) is 5. The van der Waals surface area contributed by atoms with Gasteiger partial charge in [0, 0.05) is 18.8 Å². The number of nitrogens with zero attached hydrogens (tertiary/aromatic N) is 3. The van der Waals surface area contributed by atoms with E-state index in [1.54, 1.807) is 17.8 Å². The Morgan fingerprint density at radius 3 is 2.78 bits per heavy atom. The summed E-state index contributed by atoms with van der Waals surface area (Å²) in [6, 6.07) is -0.870. The van der Waals surface area contributed by atoms with Gasteiger partial charge >= 0.3 is 5.97 Å². The highest BCUT2D eigenvalue weighted by Gasteiger charge is 2.23. The average molecular weight is 336 g/mol. The van der Waals surface area contributed by atoms with Gasteiger partial charge < -0.3 is 10.4 Å². The van der Waals surface area contributed by atoms with Crippen LogP contribution in [0.4, 0.5) is 0 Å². The summed E-state index contributed by atoms with van der Waals surface area (Å²) in [4.78, 5) is 28.4. The van der Waals surface area contributed by atoms with Crippen molar-refractivity contribution in [3.63, 3.8) is 0 Å². The summed E-state index contributed by atoms with van der Waals surface area (Å²) in [6.07, 6.45) is 5.55. The van der Waals surface area contributed by atoms with E-state index in [1.807, 2.05) is 20.2 Å². The minimum Gasteiger partial charge on any atom is -0.480 e. The molecule has 8 heteroatoms. The minimum absolute atomic E-state index is 0.390. The fraction of sp³-hybridized carbons (Fsp3) is 0.467. The molecule has 2 aromatic heterocycles. The largest absolute Gasteiger partial charge is 0.480 e. The number of rotatable bonds is 7. The number of unbranched alkanes of at least 4 members (excludes halogenated alkanes) is 1. The fourth-order valence-electron chi connectivity index (χ4n) is 2.15. The second kappa shape index (κ2) is 7.36. The van der Waals surface area contributed by atoms with Gasteiger partial charge in [0.2, 0.25) is 0 Å². The highest BCUT2D eigenvalue weighted by molar-refractivity contribution is 7.17. The molecule has 124 valence electrons. The molecule has 0 aromatic carbocycles. The highest BCUT2D eigenvalue weighted by Crippen LogP contribution is 2.27. The van der Waals surface area contributed by atoms with Crippen LogP contribution in [0.25, 0.3) is 10.6 Å². The Balaban J connectivity index is 2.16. The summed E-state index contributed by atoms with van der Waals surface area (Å²) in [5, 5.41) is 16.6. The van der Waals surface area contributed by atoms with Crippen LogP contribution in [0.5, 0.6) is 0 Å². The number of nitrogens with one attached hydrogen (secondary N) is 1. The molecule has 2 rings (SSSR count). The Labute approximate surface area is 138 Å². The topological polar surface area (TPSA) is 97.1 Å². The molecule has 0 radical (unpaired) electrons. The molecular weight excluding hydrogens is 316 g/mol. The van der Waals surface area contributed by atoms with Crippen LogP contribution in [0.2, 0.25) is 0 Å². The number of amides is 1. The Morgan fingerprint density at radius 2 is 2.22 bits per heavy atom. The van der Waals surface area contributed by atoms with Gasteiger partial charge in [-0.05, 0) is 13.3 Å². The Kier molecular flexibility index (Phi) is 5.49. The number of thiazole rings is 1. The Bertz CT molecular complexity index is 707. The SMILES string of the molecule is CCCC[C@H](NC(=O)c1sc(-c2cnn(C)c2)nc1C)C(=O)O. The predicted octanol–water partition coefficient (Wildman–Crippen LogP) is 2.23. The van der Waals surface area contributed by atoms with Crippen LogP contribution in [0.1, 0.15) is 41.6 Å². The molecule has 0 saturated carbocycles. The first-order valence-corrected chi connectivity index (χ1v) is 8.24. The fourth-order valence-corrected chi connectivity index (χ4v) is 3.10. The number of carboxylic acids is 1. The Morgan fingerprint density at radius 1 is 1.48 bits per heavy atom. The van der Waals surface area contributed by atoms with Crippen LogP contribution in [0.3, 0.4) is 0 Å². The standard InChI is InChI=1S/C15H20N4O3S/c1-4-5-6-11(15(21)22)18-13(20)12-9(2)17-14(23-12)10-7-16-19(3)8-10/h7-8,11H,4-6H2,1-3H3,(H,18,20)(H,21,22)/t11-/m0/s1. The van der Waals surface area contributed by atoms with E-state index < -0.39 is 17.9 Å². The molecule has 1 atom stereocenters. The lowest BCUT2D eigenvalue weighted by Crippen LogP contribution is -2.40. The first kappa shape index (κ1) is 17.1. The first-order chi connectivity index (χ1) is 10.9. The van der Waals surface area contributed by atoms with Crippen LogP contribution in [0, 0.1) is 6.92 Å². The third-order valence-electron chi connectivity index (χ3n) is 3.40. The molecule has 2 heterocycles. The van der Waals surface area contributed by atoms with Gasteiger partial charge in [-0.3, -0.25) is 9.48 Å². The van der Waals surface area contributed by atoms with Gasteiger partial charge in [-0.2, -0.15) is 5.10 Å². The normalized spacial score (nSPS) is 12.1. The van der Waals surface area contributed by atoms with Crippen molar-refractivity contribution in [2.24, 2.45) is 7.05 Å². The molecule has 23 heavy (non-hydrogen) atoms. The number of aliphatic carboxylic acids is 1. The number of carbonyl (C=O) groups excluding carboxylic acids is 1. The van der Waals surface area contributed by atoms with E-state index in [0.717, 1.165) is 18.4 Å². The van der Waals surface area contributed by atoms with Gasteiger partial charge in [-0.1, -0.05) is 19.8 Å². The maximum Gasteiger partial charge on any atom is 0.326 e. The number of carboxylic acid groups (broad SMARTS) is 1. The van der Waals surface area contributed by atoms with Crippen molar-refractivity contribution in [2.75, 3.05) is 0 Å². The van der Waals surface area contributed by atoms with E-state index in [-0.39, 0.29) is 0 Å². The van der Waals surface area contributed by atoms with Crippen LogP contribution in [-0.4, -0.2) is 37.8 Å². The van der Waals surface area contributed by atoms with Crippen LogP contribution in [0.15, 0.2) is 12.4 Å². The lowest BCUT2D eigenvalue weighted by atomic mass is 10.1. The van der Waals surface area contributed by atoms with Crippen LogP contribution >= 0.6 is 11.3 Å². The maximum atomic E-state index is 12.4. The summed E-state index contributed by atoms with van der Waals surface area (Å²) >= 11 is 1.24. The molecule has 2 N–H and O–H groups in total. The second-order valence-electron chi connectivity index (χ2n) is 5.34. The van der Waals surface area contributed by atoms with E-state index in [4.69, 9.17) is 0 Å². The van der Waals surface area contributed by atoms with Crippen LogP contribution in [-0.2, 0) is 11.8 Å². The van der Waals surface area contributed by atoms with E-state index >= 15 is 0 Å². The molecular formula is C15H20N4O3S. The van der Waals surface area contributed by atoms with Gasteiger partial charge in [-0.25, -0.2) is 9.78 Å². The van der Waals surface area contributed by atoms with Crippen molar-refractivity contribution in [3.05, 3.63) is 23.0 Å². The molecule has 0 unspecified atom stereocenters.